The maximum Gasteiger partial charge on any atom is 0.159 e. The van der Waals surface area contributed by atoms with Crippen LogP contribution in [0.5, 0.6) is 0 Å². The summed E-state index contributed by atoms with van der Waals surface area (Å²) in [6.45, 7) is 0. The summed E-state index contributed by atoms with van der Waals surface area (Å²) in [5.74, 6) is -1.17. The number of nitrogen functional groups attached to an aromatic ring is 1. The minimum atomic E-state index is -0.857. The van der Waals surface area contributed by atoms with Crippen molar-refractivity contribution in [1.82, 2.24) is 0 Å². The zero-order valence-electron chi connectivity index (χ0n) is 9.99. The number of nitrogens with two attached hydrogens (primary N) is 1. The lowest BCUT2D eigenvalue weighted by molar-refractivity contribution is 0.506. The third-order valence-electron chi connectivity index (χ3n) is 2.59. The lowest BCUT2D eigenvalue weighted by atomic mass is 10.1. The van der Waals surface area contributed by atoms with E-state index in [9.17, 15) is 8.78 Å². The van der Waals surface area contributed by atoms with Crippen molar-refractivity contribution in [3.63, 3.8) is 0 Å². The molecule has 5 heteroatoms. The van der Waals surface area contributed by atoms with Crippen LogP contribution in [0.2, 0.25) is 0 Å². The molecular formula is C14H12F2N2S. The highest BCUT2D eigenvalue weighted by molar-refractivity contribution is 7.98. The van der Waals surface area contributed by atoms with E-state index in [2.05, 4.69) is 0 Å². The molecule has 0 aliphatic heterocycles. The monoisotopic (exact) mass is 278 g/mol. The van der Waals surface area contributed by atoms with E-state index in [0.717, 1.165) is 17.7 Å². The third-order valence-corrected chi connectivity index (χ3v) is 3.64. The van der Waals surface area contributed by atoms with E-state index in [4.69, 9.17) is 11.1 Å². The summed E-state index contributed by atoms with van der Waals surface area (Å²) in [6, 6.07) is 11.1. The molecule has 0 aliphatic carbocycles. The molecule has 2 aromatic rings. The Bertz CT molecular complexity index is 614. The molecule has 2 aromatic carbocycles. The van der Waals surface area contributed by atoms with E-state index in [-0.39, 0.29) is 5.84 Å². The van der Waals surface area contributed by atoms with Crippen molar-refractivity contribution in [2.45, 2.75) is 10.6 Å². The van der Waals surface area contributed by atoms with Gasteiger partial charge in [-0.1, -0.05) is 24.3 Å². The zero-order chi connectivity index (χ0) is 13.8. The Kier molecular flexibility index (Phi) is 4.16. The molecule has 0 bridgehead atoms. The van der Waals surface area contributed by atoms with Gasteiger partial charge in [-0.05, 0) is 23.8 Å². The maximum atomic E-state index is 13.1. The number of hydrogen-bond acceptors (Lipinski definition) is 2. The molecule has 0 saturated carbocycles. The molecule has 3 N–H and O–H groups in total. The standard InChI is InChI=1S/C14H12F2N2S/c15-12-6-5-10(7-13(12)16)19-8-9-3-1-2-4-11(9)14(17)18/h1-7H,8H2,(H3,17,18). The molecule has 19 heavy (non-hydrogen) atoms. The van der Waals surface area contributed by atoms with E-state index >= 15 is 0 Å². The Morgan fingerprint density at radius 2 is 1.84 bits per heavy atom. The summed E-state index contributed by atoms with van der Waals surface area (Å²) in [6.07, 6.45) is 0. The average molecular weight is 278 g/mol. The molecule has 98 valence electrons. The van der Waals surface area contributed by atoms with Gasteiger partial charge in [-0.25, -0.2) is 8.78 Å². The highest BCUT2D eigenvalue weighted by atomic mass is 32.2. The van der Waals surface area contributed by atoms with Gasteiger partial charge in [-0.15, -0.1) is 11.8 Å². The molecule has 0 radical (unpaired) electrons. The Hall–Kier alpha value is -1.88. The van der Waals surface area contributed by atoms with Gasteiger partial charge in [0.1, 0.15) is 5.84 Å². The third kappa shape index (κ3) is 3.32. The second-order valence-electron chi connectivity index (χ2n) is 3.94. The average Bonchev–Trinajstić information content (AvgIpc) is 2.40. The van der Waals surface area contributed by atoms with Crippen LogP contribution in [-0.2, 0) is 5.75 Å². The lowest BCUT2D eigenvalue weighted by Crippen LogP contribution is -2.13. The Labute approximate surface area is 114 Å². The van der Waals surface area contributed by atoms with E-state index in [1.165, 1.54) is 17.8 Å². The highest BCUT2D eigenvalue weighted by Crippen LogP contribution is 2.25. The van der Waals surface area contributed by atoms with Crippen LogP contribution >= 0.6 is 11.8 Å². The summed E-state index contributed by atoms with van der Waals surface area (Å²) in [5.41, 5.74) is 7.05. The molecule has 0 spiro atoms. The van der Waals surface area contributed by atoms with Crippen molar-refractivity contribution >= 4 is 17.6 Å². The normalized spacial score (nSPS) is 10.4. The summed E-state index contributed by atoms with van der Waals surface area (Å²) in [4.78, 5) is 0.636. The fraction of sp³-hybridized carbons (Fsp3) is 0.0714. The van der Waals surface area contributed by atoms with Crippen molar-refractivity contribution < 1.29 is 8.78 Å². The van der Waals surface area contributed by atoms with Crippen LogP contribution in [0.1, 0.15) is 11.1 Å². The highest BCUT2D eigenvalue weighted by Gasteiger charge is 2.07. The van der Waals surface area contributed by atoms with Crippen LogP contribution in [0, 0.1) is 17.0 Å². The summed E-state index contributed by atoms with van der Waals surface area (Å²) in [5, 5.41) is 7.48. The predicted octanol–water partition coefficient (Wildman–Crippen LogP) is 3.54. The quantitative estimate of drug-likeness (QED) is 0.510. The van der Waals surface area contributed by atoms with Crippen molar-refractivity contribution in [1.29, 1.82) is 5.41 Å². The molecule has 0 atom stereocenters. The second-order valence-corrected chi connectivity index (χ2v) is 4.98. The van der Waals surface area contributed by atoms with Crippen LogP contribution in [0.3, 0.4) is 0 Å². The van der Waals surface area contributed by atoms with Gasteiger partial charge in [0.15, 0.2) is 11.6 Å². The fourth-order valence-corrected chi connectivity index (χ4v) is 2.56. The topological polar surface area (TPSA) is 49.9 Å². The Morgan fingerprint density at radius 3 is 2.53 bits per heavy atom. The van der Waals surface area contributed by atoms with Crippen molar-refractivity contribution in [2.75, 3.05) is 0 Å². The molecule has 0 aliphatic rings. The van der Waals surface area contributed by atoms with Gasteiger partial charge in [0, 0.05) is 16.2 Å². The number of hydrogen-bond donors (Lipinski definition) is 2. The number of benzene rings is 2. The van der Waals surface area contributed by atoms with Crippen molar-refractivity contribution in [3.05, 3.63) is 65.2 Å². The zero-order valence-corrected chi connectivity index (χ0v) is 10.8. The molecule has 0 aromatic heterocycles. The number of halogens is 2. The van der Waals surface area contributed by atoms with Gasteiger partial charge < -0.3 is 5.73 Å². The van der Waals surface area contributed by atoms with Crippen LogP contribution in [-0.4, -0.2) is 5.84 Å². The first-order valence-corrected chi connectivity index (χ1v) is 6.56. The van der Waals surface area contributed by atoms with Crippen LogP contribution in [0.15, 0.2) is 47.4 Å². The number of amidine groups is 1. The van der Waals surface area contributed by atoms with E-state index < -0.39 is 11.6 Å². The maximum absolute atomic E-state index is 13.1. The first-order valence-electron chi connectivity index (χ1n) is 5.58. The van der Waals surface area contributed by atoms with E-state index in [1.807, 2.05) is 18.2 Å². The van der Waals surface area contributed by atoms with Gasteiger partial charge in [0.25, 0.3) is 0 Å². The first-order chi connectivity index (χ1) is 9.08. The molecule has 0 fully saturated rings. The minimum Gasteiger partial charge on any atom is -0.384 e. The summed E-state index contributed by atoms with van der Waals surface area (Å²) in [7, 11) is 0. The van der Waals surface area contributed by atoms with E-state index in [0.29, 0.717) is 16.2 Å². The Balaban J connectivity index is 2.14. The predicted molar refractivity (Wildman–Crippen MR) is 73.4 cm³/mol. The number of thioether (sulfide) groups is 1. The van der Waals surface area contributed by atoms with Gasteiger partial charge in [0.05, 0.1) is 0 Å². The summed E-state index contributed by atoms with van der Waals surface area (Å²) >= 11 is 1.37. The van der Waals surface area contributed by atoms with Crippen LogP contribution in [0.25, 0.3) is 0 Å². The SMILES string of the molecule is N=C(N)c1ccccc1CSc1ccc(F)c(F)c1. The van der Waals surface area contributed by atoms with Crippen LogP contribution < -0.4 is 5.73 Å². The molecule has 0 saturated heterocycles. The molecule has 0 unspecified atom stereocenters. The van der Waals surface area contributed by atoms with E-state index in [1.54, 1.807) is 6.07 Å². The van der Waals surface area contributed by atoms with Gasteiger partial charge in [0.2, 0.25) is 0 Å². The lowest BCUT2D eigenvalue weighted by Gasteiger charge is -2.08. The number of nitrogens with one attached hydrogen (secondary N) is 1. The largest absolute Gasteiger partial charge is 0.384 e. The molecule has 2 rings (SSSR count). The molecular weight excluding hydrogens is 266 g/mol. The van der Waals surface area contributed by atoms with Gasteiger partial charge in [-0.2, -0.15) is 0 Å². The smallest absolute Gasteiger partial charge is 0.159 e. The molecule has 2 nitrogen and oxygen atoms in total. The first kappa shape index (κ1) is 13.5. The molecule has 0 heterocycles. The fourth-order valence-electron chi connectivity index (χ4n) is 1.64. The number of rotatable bonds is 4. The molecule has 0 amide bonds. The second kappa shape index (κ2) is 5.84. The van der Waals surface area contributed by atoms with Gasteiger partial charge in [-0.3, -0.25) is 5.41 Å². The van der Waals surface area contributed by atoms with Crippen LogP contribution in [0.4, 0.5) is 8.78 Å². The Morgan fingerprint density at radius 1 is 1.11 bits per heavy atom. The van der Waals surface area contributed by atoms with Gasteiger partial charge >= 0.3 is 0 Å². The van der Waals surface area contributed by atoms with Crippen molar-refractivity contribution in [2.24, 2.45) is 5.73 Å². The minimum absolute atomic E-state index is 0.00138. The summed E-state index contributed by atoms with van der Waals surface area (Å²) < 4.78 is 25.9. The van der Waals surface area contributed by atoms with Crippen molar-refractivity contribution in [3.8, 4) is 0 Å².